The number of carbonyl (C=O) groups excluding carboxylic acids is 2. The molecule has 0 saturated carbocycles. The van der Waals surface area contributed by atoms with Crippen LogP contribution in [0.1, 0.15) is 41.9 Å². The van der Waals surface area contributed by atoms with Crippen molar-refractivity contribution in [2.24, 2.45) is 5.92 Å². The van der Waals surface area contributed by atoms with Crippen molar-refractivity contribution < 1.29 is 18.4 Å². The summed E-state index contributed by atoms with van der Waals surface area (Å²) in [6, 6.07) is 3.31. The summed E-state index contributed by atoms with van der Waals surface area (Å²) in [5.74, 6) is 0.430. The van der Waals surface area contributed by atoms with Gasteiger partial charge in [0.05, 0.1) is 12.2 Å². The first-order valence-corrected chi connectivity index (χ1v) is 9.46. The zero-order chi connectivity index (χ0) is 20.3. The predicted octanol–water partition coefficient (Wildman–Crippen LogP) is 3.97. The molecule has 3 amide bonds. The van der Waals surface area contributed by atoms with Crippen LogP contribution < -0.4 is 10.6 Å². The molecule has 0 atom stereocenters. The third-order valence-corrected chi connectivity index (χ3v) is 4.93. The van der Waals surface area contributed by atoms with Crippen LogP contribution in [0.15, 0.2) is 22.6 Å². The molecule has 28 heavy (non-hydrogen) atoms. The number of amides is 3. The van der Waals surface area contributed by atoms with E-state index in [2.05, 4.69) is 22.5 Å². The lowest BCUT2D eigenvalue weighted by Crippen LogP contribution is -2.38. The Kier molecular flexibility index (Phi) is 6.18. The molecule has 1 aliphatic heterocycles. The van der Waals surface area contributed by atoms with Crippen molar-refractivity contribution in [3.05, 3.63) is 46.4 Å². The Balaban J connectivity index is 1.57. The number of aryl methyl sites for hydroxylation is 1. The van der Waals surface area contributed by atoms with Gasteiger partial charge in [-0.25, -0.2) is 14.2 Å². The fraction of sp³-hybridized carbons (Fsp3) is 0.421. The molecule has 0 spiro atoms. The van der Waals surface area contributed by atoms with E-state index in [0.29, 0.717) is 24.8 Å². The maximum absolute atomic E-state index is 13.7. The van der Waals surface area contributed by atoms with Crippen LogP contribution >= 0.6 is 11.6 Å². The fourth-order valence-electron chi connectivity index (χ4n) is 3.00. The number of benzene rings is 1. The Bertz CT molecular complexity index is 878. The number of hydrogen-bond donors (Lipinski definition) is 2. The molecule has 7 nitrogen and oxygen atoms in total. The van der Waals surface area contributed by atoms with Gasteiger partial charge in [-0.15, -0.1) is 0 Å². The predicted molar refractivity (Wildman–Crippen MR) is 103 cm³/mol. The van der Waals surface area contributed by atoms with Crippen molar-refractivity contribution in [1.29, 1.82) is 0 Å². The highest BCUT2D eigenvalue weighted by molar-refractivity contribution is 6.30. The molecule has 1 fully saturated rings. The van der Waals surface area contributed by atoms with Crippen LogP contribution in [0.25, 0.3) is 0 Å². The largest absolute Gasteiger partial charge is 0.443 e. The van der Waals surface area contributed by atoms with Gasteiger partial charge in [-0.3, -0.25) is 4.79 Å². The van der Waals surface area contributed by atoms with E-state index in [9.17, 15) is 14.0 Å². The summed E-state index contributed by atoms with van der Waals surface area (Å²) in [6.07, 6.45) is 1.94. The van der Waals surface area contributed by atoms with Crippen LogP contribution in [0.2, 0.25) is 5.02 Å². The zero-order valence-electron chi connectivity index (χ0n) is 15.7. The van der Waals surface area contributed by atoms with Crippen LogP contribution in [0.4, 0.5) is 14.9 Å². The lowest BCUT2D eigenvalue weighted by Gasteiger charge is -2.29. The highest BCUT2D eigenvalue weighted by Gasteiger charge is 2.26. The first kappa shape index (κ1) is 20.1. The minimum absolute atomic E-state index is 0.000628. The number of aromatic nitrogens is 1. The van der Waals surface area contributed by atoms with Gasteiger partial charge in [0, 0.05) is 18.1 Å². The van der Waals surface area contributed by atoms with E-state index in [0.717, 1.165) is 18.9 Å². The third-order valence-electron chi connectivity index (χ3n) is 4.69. The highest BCUT2D eigenvalue weighted by atomic mass is 35.5. The molecule has 9 heteroatoms. The van der Waals surface area contributed by atoms with Crippen LogP contribution in [-0.4, -0.2) is 34.9 Å². The standard InChI is InChI=1S/C19H22ClFN4O3/c1-11-5-7-25(8-6-11)18(26)17-12(2)28-16(24-17)10-22-19(27)23-15-4-3-13(20)9-14(15)21/h3-4,9,11H,5-8,10H2,1-2H3,(H2,22,23,27). The minimum Gasteiger partial charge on any atom is -0.443 e. The zero-order valence-corrected chi connectivity index (χ0v) is 16.5. The van der Waals surface area contributed by atoms with Crippen LogP contribution in [-0.2, 0) is 6.54 Å². The van der Waals surface area contributed by atoms with E-state index in [4.69, 9.17) is 16.0 Å². The maximum Gasteiger partial charge on any atom is 0.319 e. The van der Waals surface area contributed by atoms with Gasteiger partial charge >= 0.3 is 6.03 Å². The number of carbonyl (C=O) groups is 2. The number of urea groups is 1. The third kappa shape index (κ3) is 4.81. The lowest BCUT2D eigenvalue weighted by atomic mass is 9.99. The summed E-state index contributed by atoms with van der Waals surface area (Å²) in [5, 5.41) is 5.14. The molecule has 1 aliphatic rings. The summed E-state index contributed by atoms with van der Waals surface area (Å²) in [7, 11) is 0. The topological polar surface area (TPSA) is 87.5 Å². The van der Waals surface area contributed by atoms with E-state index in [-0.39, 0.29) is 34.7 Å². The molecule has 0 unspecified atom stereocenters. The van der Waals surface area contributed by atoms with Crippen LogP contribution in [0.5, 0.6) is 0 Å². The normalized spacial score (nSPS) is 14.8. The van der Waals surface area contributed by atoms with Crippen LogP contribution in [0, 0.1) is 18.7 Å². The average Bonchev–Trinajstić information content (AvgIpc) is 3.03. The monoisotopic (exact) mass is 408 g/mol. The number of nitrogens with one attached hydrogen (secondary N) is 2. The summed E-state index contributed by atoms with van der Waals surface area (Å²) >= 11 is 5.68. The molecule has 150 valence electrons. The van der Waals surface area contributed by atoms with Gasteiger partial charge in [0.2, 0.25) is 5.89 Å². The van der Waals surface area contributed by atoms with Crippen molar-refractivity contribution >= 4 is 29.2 Å². The Morgan fingerprint density at radius 3 is 2.75 bits per heavy atom. The quantitative estimate of drug-likeness (QED) is 0.801. The molecular weight excluding hydrogens is 387 g/mol. The average molecular weight is 409 g/mol. The number of rotatable bonds is 4. The number of nitrogens with zero attached hydrogens (tertiary/aromatic N) is 2. The maximum atomic E-state index is 13.7. The van der Waals surface area contributed by atoms with Crippen LogP contribution in [0.3, 0.4) is 0 Å². The molecular formula is C19H22ClFN4O3. The van der Waals surface area contributed by atoms with E-state index in [1.807, 2.05) is 0 Å². The second kappa shape index (κ2) is 8.60. The molecule has 2 aromatic rings. The van der Waals surface area contributed by atoms with Gasteiger partial charge in [-0.05, 0) is 43.9 Å². The summed E-state index contributed by atoms with van der Waals surface area (Å²) in [4.78, 5) is 30.6. The van der Waals surface area contributed by atoms with E-state index in [1.165, 1.54) is 12.1 Å². The molecule has 3 rings (SSSR count). The van der Waals surface area contributed by atoms with E-state index < -0.39 is 11.8 Å². The summed E-state index contributed by atoms with van der Waals surface area (Å²) < 4.78 is 19.2. The molecule has 1 saturated heterocycles. The van der Waals surface area contributed by atoms with Crippen molar-refractivity contribution in [3.8, 4) is 0 Å². The number of halogens is 2. The number of likely N-dealkylation sites (tertiary alicyclic amines) is 1. The second-order valence-corrected chi connectivity index (χ2v) is 7.36. The SMILES string of the molecule is Cc1oc(CNC(=O)Nc2ccc(Cl)cc2F)nc1C(=O)N1CCC(C)CC1. The van der Waals surface area contributed by atoms with Crippen molar-refractivity contribution in [2.45, 2.75) is 33.2 Å². The molecule has 2 heterocycles. The Hall–Kier alpha value is -2.61. The van der Waals surface area contributed by atoms with Gasteiger partial charge in [-0.1, -0.05) is 18.5 Å². The van der Waals surface area contributed by atoms with Crippen molar-refractivity contribution in [1.82, 2.24) is 15.2 Å². The van der Waals surface area contributed by atoms with E-state index in [1.54, 1.807) is 11.8 Å². The van der Waals surface area contributed by atoms with Gasteiger partial charge in [0.1, 0.15) is 11.6 Å². The molecule has 1 aromatic carbocycles. The van der Waals surface area contributed by atoms with Gasteiger partial charge in [-0.2, -0.15) is 0 Å². The Morgan fingerprint density at radius 1 is 1.36 bits per heavy atom. The first-order valence-electron chi connectivity index (χ1n) is 9.09. The van der Waals surface area contributed by atoms with Crippen molar-refractivity contribution in [2.75, 3.05) is 18.4 Å². The second-order valence-electron chi connectivity index (χ2n) is 6.92. The molecule has 0 radical (unpaired) electrons. The fourth-order valence-corrected chi connectivity index (χ4v) is 3.16. The number of hydrogen-bond acceptors (Lipinski definition) is 4. The molecule has 0 aliphatic carbocycles. The number of piperidine rings is 1. The summed E-state index contributed by atoms with van der Waals surface area (Å²) in [6.45, 7) is 5.21. The minimum atomic E-state index is -0.640. The molecule has 1 aromatic heterocycles. The van der Waals surface area contributed by atoms with Gasteiger partial charge in [0.15, 0.2) is 5.69 Å². The number of anilines is 1. The summed E-state index contributed by atoms with van der Waals surface area (Å²) in [5.41, 5.74) is 0.260. The van der Waals surface area contributed by atoms with Gasteiger partial charge in [0.25, 0.3) is 5.91 Å². The molecule has 0 bridgehead atoms. The first-order chi connectivity index (χ1) is 13.3. The Morgan fingerprint density at radius 2 is 2.07 bits per heavy atom. The van der Waals surface area contributed by atoms with E-state index >= 15 is 0 Å². The highest BCUT2D eigenvalue weighted by Crippen LogP contribution is 2.20. The smallest absolute Gasteiger partial charge is 0.319 e. The Labute approximate surface area is 167 Å². The van der Waals surface area contributed by atoms with Gasteiger partial charge < -0.3 is 20.0 Å². The lowest BCUT2D eigenvalue weighted by molar-refractivity contribution is 0.0690. The molecule has 2 N–H and O–H groups in total. The van der Waals surface area contributed by atoms with Crippen molar-refractivity contribution in [3.63, 3.8) is 0 Å². The number of oxazole rings is 1.